The van der Waals surface area contributed by atoms with E-state index in [1.54, 1.807) is 18.2 Å². The highest BCUT2D eigenvalue weighted by Crippen LogP contribution is 2.25. The van der Waals surface area contributed by atoms with Crippen LogP contribution >= 0.6 is 27.3 Å². The van der Waals surface area contributed by atoms with Gasteiger partial charge >= 0.3 is 0 Å². The topological polar surface area (TPSA) is 60.4 Å². The molecule has 142 valence electrons. The molecule has 0 saturated carbocycles. The Morgan fingerprint density at radius 2 is 1.90 bits per heavy atom. The highest BCUT2D eigenvalue weighted by Gasteiger charge is 2.12. The Morgan fingerprint density at radius 1 is 1.07 bits per heavy atom. The minimum atomic E-state index is -0.336. The summed E-state index contributed by atoms with van der Waals surface area (Å²) in [6.07, 6.45) is 1.68. The zero-order valence-electron chi connectivity index (χ0n) is 14.7. The molecule has 5 aromatic rings. The molecule has 0 saturated heterocycles. The number of furan rings is 1. The summed E-state index contributed by atoms with van der Waals surface area (Å²) in [5.41, 5.74) is 1.32. The monoisotopic (exact) mass is 467 g/mol. The fourth-order valence-electron chi connectivity index (χ4n) is 2.91. The number of halogens is 2. The average Bonchev–Trinajstić information content (AvgIpc) is 3.41. The van der Waals surface area contributed by atoms with E-state index in [1.807, 2.05) is 36.4 Å². The van der Waals surface area contributed by atoms with Crippen molar-refractivity contribution in [3.05, 3.63) is 91.6 Å². The van der Waals surface area contributed by atoms with E-state index in [0.29, 0.717) is 32.4 Å². The van der Waals surface area contributed by atoms with Gasteiger partial charge in [-0.25, -0.2) is 4.39 Å². The van der Waals surface area contributed by atoms with Crippen molar-refractivity contribution >= 4 is 38.3 Å². The lowest BCUT2D eigenvalue weighted by molar-refractivity contribution is 0.571. The van der Waals surface area contributed by atoms with E-state index in [2.05, 4.69) is 26.0 Å². The lowest BCUT2D eigenvalue weighted by Gasteiger charge is -1.96. The van der Waals surface area contributed by atoms with Crippen LogP contribution in [0.25, 0.3) is 33.7 Å². The molecule has 0 aliphatic carbocycles. The van der Waals surface area contributed by atoms with Crippen molar-refractivity contribution in [1.29, 1.82) is 0 Å². The number of aromatic nitrogens is 3. The molecular formula is C21H11BrFN3O2S. The highest BCUT2D eigenvalue weighted by molar-refractivity contribution is 9.10. The Bertz CT molecular complexity index is 1450. The molecule has 3 aromatic heterocycles. The van der Waals surface area contributed by atoms with Gasteiger partial charge in [0.15, 0.2) is 5.82 Å². The molecule has 0 atom stereocenters. The summed E-state index contributed by atoms with van der Waals surface area (Å²) in [4.78, 5) is 17.5. The molecular weight excluding hydrogens is 457 g/mol. The van der Waals surface area contributed by atoms with Crippen LogP contribution in [-0.2, 0) is 0 Å². The predicted molar refractivity (Wildman–Crippen MR) is 113 cm³/mol. The summed E-state index contributed by atoms with van der Waals surface area (Å²) in [6, 6.07) is 17.3. The maximum Gasteiger partial charge on any atom is 0.291 e. The van der Waals surface area contributed by atoms with Crippen molar-refractivity contribution in [3.8, 4) is 22.7 Å². The number of nitrogens with zero attached hydrogens (tertiary/aromatic N) is 3. The molecule has 0 amide bonds. The molecule has 3 heterocycles. The van der Waals surface area contributed by atoms with E-state index < -0.39 is 0 Å². The van der Waals surface area contributed by atoms with E-state index in [1.165, 1.54) is 28.0 Å². The zero-order chi connectivity index (χ0) is 20.0. The number of hydrogen-bond donors (Lipinski definition) is 0. The van der Waals surface area contributed by atoms with Crippen LogP contribution in [-0.4, -0.2) is 14.6 Å². The molecule has 0 aliphatic heterocycles. The number of benzene rings is 2. The van der Waals surface area contributed by atoms with E-state index in [-0.39, 0.29) is 11.4 Å². The second-order valence-electron chi connectivity index (χ2n) is 6.26. The third kappa shape index (κ3) is 3.41. The Kier molecular flexibility index (Phi) is 4.37. The van der Waals surface area contributed by atoms with Gasteiger partial charge < -0.3 is 4.42 Å². The van der Waals surface area contributed by atoms with Gasteiger partial charge in [0.1, 0.15) is 21.9 Å². The molecule has 0 spiro atoms. The van der Waals surface area contributed by atoms with E-state index in [4.69, 9.17) is 4.42 Å². The van der Waals surface area contributed by atoms with Crippen molar-refractivity contribution in [3.63, 3.8) is 0 Å². The maximum atomic E-state index is 13.1. The van der Waals surface area contributed by atoms with Crippen LogP contribution in [0, 0.1) is 5.82 Å². The molecule has 5 rings (SSSR count). The SMILES string of the molecule is O=c1c(=Cc2ccc(-c3cccc(Br)c3)o2)sc2nc(-c3ccc(F)cc3)nn12. The second kappa shape index (κ2) is 7.06. The lowest BCUT2D eigenvalue weighted by Crippen LogP contribution is -2.23. The van der Waals surface area contributed by atoms with Gasteiger partial charge in [0.25, 0.3) is 5.56 Å². The Labute approximate surface area is 175 Å². The van der Waals surface area contributed by atoms with Gasteiger partial charge in [-0.2, -0.15) is 9.50 Å². The molecule has 29 heavy (non-hydrogen) atoms. The van der Waals surface area contributed by atoms with E-state index in [9.17, 15) is 9.18 Å². The normalized spacial score (nSPS) is 12.1. The summed E-state index contributed by atoms with van der Waals surface area (Å²) >= 11 is 4.67. The van der Waals surface area contributed by atoms with E-state index >= 15 is 0 Å². The average molecular weight is 468 g/mol. The standard InChI is InChI=1S/C21H11BrFN3O2S/c22-14-3-1-2-13(10-14)17-9-8-16(28-17)11-18-20(27)26-21(29-18)24-19(25-26)12-4-6-15(23)7-5-12/h1-11H. The molecule has 0 N–H and O–H groups in total. The van der Waals surface area contributed by atoms with Crippen LogP contribution in [0.3, 0.4) is 0 Å². The minimum absolute atomic E-state index is 0.272. The van der Waals surface area contributed by atoms with Gasteiger partial charge in [0, 0.05) is 21.7 Å². The van der Waals surface area contributed by atoms with Crippen molar-refractivity contribution in [2.45, 2.75) is 0 Å². The van der Waals surface area contributed by atoms with Crippen LogP contribution in [0.2, 0.25) is 0 Å². The first-order valence-electron chi connectivity index (χ1n) is 8.60. The molecule has 0 fully saturated rings. The van der Waals surface area contributed by atoms with Crippen LogP contribution in [0.1, 0.15) is 5.76 Å². The third-order valence-corrected chi connectivity index (χ3v) is 5.75. The minimum Gasteiger partial charge on any atom is -0.457 e. The van der Waals surface area contributed by atoms with Crippen molar-refractivity contribution in [2.24, 2.45) is 0 Å². The van der Waals surface area contributed by atoms with Gasteiger partial charge in [-0.05, 0) is 48.5 Å². The first kappa shape index (κ1) is 18.0. The van der Waals surface area contributed by atoms with Crippen LogP contribution in [0.4, 0.5) is 4.39 Å². The number of hydrogen-bond acceptors (Lipinski definition) is 5. The van der Waals surface area contributed by atoms with Crippen LogP contribution in [0.15, 0.2) is 74.3 Å². The van der Waals surface area contributed by atoms with Gasteiger partial charge in [-0.3, -0.25) is 4.79 Å². The summed E-state index contributed by atoms with van der Waals surface area (Å²) in [6.45, 7) is 0. The summed E-state index contributed by atoms with van der Waals surface area (Å²) < 4.78 is 21.6. The number of fused-ring (bicyclic) bond motifs is 1. The molecule has 0 bridgehead atoms. The molecule has 8 heteroatoms. The lowest BCUT2D eigenvalue weighted by atomic mass is 10.2. The Balaban J connectivity index is 1.52. The van der Waals surface area contributed by atoms with Gasteiger partial charge in [0.05, 0.1) is 0 Å². The van der Waals surface area contributed by atoms with Crippen LogP contribution in [0.5, 0.6) is 0 Å². The van der Waals surface area contributed by atoms with Crippen LogP contribution < -0.4 is 10.1 Å². The van der Waals surface area contributed by atoms with Crippen molar-refractivity contribution in [1.82, 2.24) is 14.6 Å². The first-order chi connectivity index (χ1) is 14.1. The molecule has 0 radical (unpaired) electrons. The second-order valence-corrected chi connectivity index (χ2v) is 8.19. The quantitative estimate of drug-likeness (QED) is 0.391. The Morgan fingerprint density at radius 3 is 2.66 bits per heavy atom. The molecule has 5 nitrogen and oxygen atoms in total. The molecule has 2 aromatic carbocycles. The number of rotatable bonds is 3. The number of thiazole rings is 1. The van der Waals surface area contributed by atoms with Gasteiger partial charge in [0.2, 0.25) is 4.96 Å². The fourth-order valence-corrected chi connectivity index (χ4v) is 4.20. The molecule has 0 aliphatic rings. The predicted octanol–water partition coefficient (Wildman–Crippen LogP) is 4.53. The fraction of sp³-hybridized carbons (Fsp3) is 0. The Hall–Kier alpha value is -3.10. The van der Waals surface area contributed by atoms with Gasteiger partial charge in [-0.1, -0.05) is 39.4 Å². The van der Waals surface area contributed by atoms with Crippen molar-refractivity contribution < 1.29 is 8.81 Å². The summed E-state index contributed by atoms with van der Waals surface area (Å²) in [5, 5.41) is 4.26. The largest absolute Gasteiger partial charge is 0.457 e. The first-order valence-corrected chi connectivity index (χ1v) is 10.2. The summed E-state index contributed by atoms with van der Waals surface area (Å²) in [7, 11) is 0. The zero-order valence-corrected chi connectivity index (χ0v) is 17.1. The molecule has 0 unspecified atom stereocenters. The summed E-state index contributed by atoms with van der Waals surface area (Å²) in [5.74, 6) is 1.33. The van der Waals surface area contributed by atoms with E-state index in [0.717, 1.165) is 10.0 Å². The smallest absolute Gasteiger partial charge is 0.291 e. The van der Waals surface area contributed by atoms with Gasteiger partial charge in [-0.15, -0.1) is 5.10 Å². The highest BCUT2D eigenvalue weighted by atomic mass is 79.9. The maximum absolute atomic E-state index is 13.1. The van der Waals surface area contributed by atoms with Crippen molar-refractivity contribution in [2.75, 3.05) is 0 Å². The third-order valence-electron chi connectivity index (χ3n) is 4.29.